The Morgan fingerprint density at radius 1 is 1.50 bits per heavy atom. The zero-order valence-corrected chi connectivity index (χ0v) is 12.9. The number of nitrogens with one attached hydrogen (secondary N) is 1. The van der Waals surface area contributed by atoms with E-state index in [-0.39, 0.29) is 0 Å². The molecule has 2 atom stereocenters. The van der Waals surface area contributed by atoms with E-state index >= 15 is 0 Å². The fraction of sp³-hybridized carbons (Fsp3) is 0.706. The van der Waals surface area contributed by atoms with Crippen molar-refractivity contribution >= 4 is 0 Å². The highest BCUT2D eigenvalue weighted by atomic mass is 16.5. The van der Waals surface area contributed by atoms with Crippen molar-refractivity contribution in [2.75, 3.05) is 13.2 Å². The molecule has 1 aliphatic heterocycles. The summed E-state index contributed by atoms with van der Waals surface area (Å²) in [6.45, 7) is 6.32. The molecule has 3 nitrogen and oxygen atoms in total. The molecule has 1 aromatic heterocycles. The number of hydrogen-bond donors (Lipinski definition) is 1. The fourth-order valence-electron chi connectivity index (χ4n) is 2.91. The summed E-state index contributed by atoms with van der Waals surface area (Å²) in [4.78, 5) is 4.30. The number of pyridine rings is 1. The molecule has 0 spiro atoms. The highest BCUT2D eigenvalue weighted by Gasteiger charge is 2.17. The van der Waals surface area contributed by atoms with Crippen molar-refractivity contribution in [2.45, 2.75) is 64.5 Å². The van der Waals surface area contributed by atoms with Crippen molar-refractivity contribution in [3.8, 4) is 0 Å². The molecule has 1 N–H and O–H groups in total. The average molecular weight is 276 g/mol. The van der Waals surface area contributed by atoms with Gasteiger partial charge < -0.3 is 10.1 Å². The minimum absolute atomic E-state index is 0.457. The molecule has 0 aliphatic carbocycles. The molecule has 0 saturated carbocycles. The maximum Gasteiger partial charge on any atom is 0.0576 e. The van der Waals surface area contributed by atoms with Gasteiger partial charge in [-0.05, 0) is 69.7 Å². The van der Waals surface area contributed by atoms with Gasteiger partial charge in [-0.1, -0.05) is 6.92 Å². The van der Waals surface area contributed by atoms with Gasteiger partial charge in [0.25, 0.3) is 0 Å². The van der Waals surface area contributed by atoms with Crippen LogP contribution >= 0.6 is 0 Å². The predicted octanol–water partition coefficient (Wildman–Crippen LogP) is 3.78. The largest absolute Gasteiger partial charge is 0.378 e. The molecule has 0 aromatic carbocycles. The van der Waals surface area contributed by atoms with Gasteiger partial charge in [-0.25, -0.2) is 0 Å². The Hall–Kier alpha value is -0.930. The molecule has 1 aromatic rings. The lowest BCUT2D eigenvalue weighted by molar-refractivity contribution is 0.101. The summed E-state index contributed by atoms with van der Waals surface area (Å²) in [5.74, 6) is 0. The third-order valence-corrected chi connectivity index (χ3v) is 4.01. The zero-order chi connectivity index (χ0) is 14.2. The van der Waals surface area contributed by atoms with Gasteiger partial charge >= 0.3 is 0 Å². The SMILES string of the molecule is CCCNC(CCCC1CCCO1)c1ccnc(C)c1. The van der Waals surface area contributed by atoms with E-state index in [1.165, 1.54) is 44.1 Å². The average Bonchev–Trinajstić information content (AvgIpc) is 2.96. The molecule has 0 amide bonds. The lowest BCUT2D eigenvalue weighted by atomic mass is 9.99. The summed E-state index contributed by atoms with van der Waals surface area (Å²) >= 11 is 0. The van der Waals surface area contributed by atoms with Gasteiger partial charge in [-0.3, -0.25) is 4.98 Å². The van der Waals surface area contributed by atoms with Gasteiger partial charge in [0.2, 0.25) is 0 Å². The van der Waals surface area contributed by atoms with E-state index < -0.39 is 0 Å². The number of nitrogens with zero attached hydrogens (tertiary/aromatic N) is 1. The summed E-state index contributed by atoms with van der Waals surface area (Å²) in [7, 11) is 0. The van der Waals surface area contributed by atoms with Crippen LogP contribution in [0, 0.1) is 6.92 Å². The Morgan fingerprint density at radius 3 is 3.10 bits per heavy atom. The molecule has 3 heteroatoms. The second-order valence-electron chi connectivity index (χ2n) is 5.80. The number of hydrogen-bond acceptors (Lipinski definition) is 3. The first kappa shape index (κ1) is 15.5. The molecule has 2 rings (SSSR count). The van der Waals surface area contributed by atoms with Crippen LogP contribution in [0.25, 0.3) is 0 Å². The topological polar surface area (TPSA) is 34.1 Å². The van der Waals surface area contributed by atoms with E-state index in [0.717, 1.165) is 18.8 Å². The quantitative estimate of drug-likeness (QED) is 0.784. The van der Waals surface area contributed by atoms with Gasteiger partial charge in [0.1, 0.15) is 0 Å². The number of aromatic nitrogens is 1. The van der Waals surface area contributed by atoms with E-state index in [1.54, 1.807) is 0 Å². The predicted molar refractivity (Wildman–Crippen MR) is 82.8 cm³/mol. The molecule has 1 fully saturated rings. The molecule has 0 radical (unpaired) electrons. The number of rotatable bonds is 8. The minimum atomic E-state index is 0.457. The lowest BCUT2D eigenvalue weighted by Gasteiger charge is -2.20. The van der Waals surface area contributed by atoms with Crippen molar-refractivity contribution in [2.24, 2.45) is 0 Å². The summed E-state index contributed by atoms with van der Waals surface area (Å²) in [5.41, 5.74) is 2.48. The smallest absolute Gasteiger partial charge is 0.0576 e. The van der Waals surface area contributed by atoms with Gasteiger partial charge in [0.05, 0.1) is 6.10 Å². The second kappa shape index (κ2) is 8.38. The maximum atomic E-state index is 5.71. The van der Waals surface area contributed by atoms with Crippen LogP contribution in [-0.2, 0) is 4.74 Å². The van der Waals surface area contributed by atoms with Gasteiger partial charge in [-0.15, -0.1) is 0 Å². The molecule has 20 heavy (non-hydrogen) atoms. The normalized spacial score (nSPS) is 20.2. The van der Waals surface area contributed by atoms with Crippen LogP contribution in [0.3, 0.4) is 0 Å². The van der Waals surface area contributed by atoms with Crippen molar-refractivity contribution in [3.05, 3.63) is 29.6 Å². The molecular weight excluding hydrogens is 248 g/mol. The zero-order valence-electron chi connectivity index (χ0n) is 12.9. The van der Waals surface area contributed by atoms with Crippen LogP contribution in [0.2, 0.25) is 0 Å². The van der Waals surface area contributed by atoms with Crippen LogP contribution in [0.4, 0.5) is 0 Å². The highest BCUT2D eigenvalue weighted by Crippen LogP contribution is 2.23. The molecule has 1 saturated heterocycles. The van der Waals surface area contributed by atoms with E-state index in [4.69, 9.17) is 4.74 Å². The van der Waals surface area contributed by atoms with Crippen molar-refractivity contribution in [3.63, 3.8) is 0 Å². The molecular formula is C17H28N2O. The maximum absolute atomic E-state index is 5.71. The first-order chi connectivity index (χ1) is 9.79. The standard InChI is InChI=1S/C17H28N2O/c1-3-10-19-17(15-9-11-18-14(2)13-15)8-4-6-16-7-5-12-20-16/h9,11,13,16-17,19H,3-8,10,12H2,1-2H3. The second-order valence-corrected chi connectivity index (χ2v) is 5.80. The number of ether oxygens (including phenoxy) is 1. The number of aryl methyl sites for hydroxylation is 1. The van der Waals surface area contributed by atoms with Gasteiger partial charge in [-0.2, -0.15) is 0 Å². The van der Waals surface area contributed by atoms with E-state index in [1.807, 2.05) is 6.20 Å². The van der Waals surface area contributed by atoms with Crippen LogP contribution < -0.4 is 5.32 Å². The van der Waals surface area contributed by atoms with Crippen molar-refractivity contribution in [1.29, 1.82) is 0 Å². The lowest BCUT2D eigenvalue weighted by Crippen LogP contribution is -2.22. The van der Waals surface area contributed by atoms with Gasteiger partial charge in [0.15, 0.2) is 0 Å². The Labute approximate surface area is 123 Å². The first-order valence-corrected chi connectivity index (χ1v) is 8.07. The van der Waals surface area contributed by atoms with Crippen LogP contribution in [0.15, 0.2) is 18.3 Å². The van der Waals surface area contributed by atoms with Crippen LogP contribution in [0.5, 0.6) is 0 Å². The van der Waals surface area contributed by atoms with Crippen molar-refractivity contribution in [1.82, 2.24) is 10.3 Å². The minimum Gasteiger partial charge on any atom is -0.378 e. The summed E-state index contributed by atoms with van der Waals surface area (Å²) in [5, 5.41) is 3.67. The summed E-state index contributed by atoms with van der Waals surface area (Å²) in [6.07, 6.45) is 9.72. The Balaban J connectivity index is 1.85. The third kappa shape index (κ3) is 4.88. The van der Waals surface area contributed by atoms with Crippen LogP contribution in [0.1, 0.15) is 62.7 Å². The van der Waals surface area contributed by atoms with E-state index in [2.05, 4.69) is 36.3 Å². The van der Waals surface area contributed by atoms with E-state index in [9.17, 15) is 0 Å². The Kier molecular flexibility index (Phi) is 6.48. The highest BCUT2D eigenvalue weighted by molar-refractivity contribution is 5.19. The van der Waals surface area contributed by atoms with Gasteiger partial charge in [0, 0.05) is 24.5 Å². The van der Waals surface area contributed by atoms with Crippen LogP contribution in [-0.4, -0.2) is 24.2 Å². The summed E-state index contributed by atoms with van der Waals surface area (Å²) in [6, 6.07) is 4.81. The molecule has 2 heterocycles. The molecule has 2 unspecified atom stereocenters. The van der Waals surface area contributed by atoms with Crippen molar-refractivity contribution < 1.29 is 4.74 Å². The molecule has 112 valence electrons. The fourth-order valence-corrected chi connectivity index (χ4v) is 2.91. The first-order valence-electron chi connectivity index (χ1n) is 8.07. The third-order valence-electron chi connectivity index (χ3n) is 4.01. The molecule has 1 aliphatic rings. The van der Waals surface area contributed by atoms with E-state index in [0.29, 0.717) is 12.1 Å². The summed E-state index contributed by atoms with van der Waals surface area (Å²) < 4.78 is 5.71. The monoisotopic (exact) mass is 276 g/mol. The Morgan fingerprint density at radius 2 is 2.40 bits per heavy atom. The molecule has 0 bridgehead atoms. The Bertz CT molecular complexity index is 388.